The van der Waals surface area contributed by atoms with Crippen LogP contribution >= 0.6 is 22.7 Å². The van der Waals surface area contributed by atoms with Crippen LogP contribution in [0.25, 0.3) is 31.2 Å². The van der Waals surface area contributed by atoms with Gasteiger partial charge >= 0.3 is 36.0 Å². The Bertz CT molecular complexity index is 4630. The first-order valence-electron chi connectivity index (χ1n) is 37.6. The second kappa shape index (κ2) is 40.8. The number of carbonyl (C=O) groups excluding carboxylic acids is 5. The smallest absolute Gasteiger partial charge is 0.422 e. The lowest BCUT2D eigenvalue weighted by molar-refractivity contribution is -0.153. The first-order valence-corrected chi connectivity index (χ1v) is 39.3. The van der Waals surface area contributed by atoms with Crippen molar-refractivity contribution in [1.82, 2.24) is 9.97 Å². The van der Waals surface area contributed by atoms with Gasteiger partial charge in [-0.05, 0) is 227 Å². The van der Waals surface area contributed by atoms with Crippen molar-refractivity contribution in [2.24, 2.45) is 28.0 Å². The van der Waals surface area contributed by atoms with Crippen molar-refractivity contribution < 1.29 is 79.8 Å². The van der Waals surface area contributed by atoms with E-state index in [1.54, 1.807) is 61.0 Å². The lowest BCUT2D eigenvalue weighted by Gasteiger charge is -2.37. The van der Waals surface area contributed by atoms with E-state index in [0.717, 1.165) is 148 Å². The average Bonchev–Trinajstić information content (AvgIpc) is 1.64. The summed E-state index contributed by atoms with van der Waals surface area (Å²) in [7, 11) is 0. The van der Waals surface area contributed by atoms with Crippen LogP contribution in [0.3, 0.4) is 0 Å². The van der Waals surface area contributed by atoms with Crippen LogP contribution in [0.2, 0.25) is 0 Å². The van der Waals surface area contributed by atoms with Crippen molar-refractivity contribution in [3.8, 4) is 34.5 Å². The van der Waals surface area contributed by atoms with Crippen molar-refractivity contribution in [2.75, 3.05) is 50.5 Å². The lowest BCUT2D eigenvalue weighted by Crippen LogP contribution is -2.31. The van der Waals surface area contributed by atoms with Crippen LogP contribution in [-0.4, -0.2) is 104 Å². The van der Waals surface area contributed by atoms with Gasteiger partial charge in [-0.25, -0.2) is 29.1 Å². The van der Waals surface area contributed by atoms with Gasteiger partial charge in [0, 0.05) is 11.6 Å². The number of halogens is 3. The Labute approximate surface area is 645 Å². The van der Waals surface area contributed by atoms with Crippen LogP contribution < -0.4 is 39.3 Å². The molecule has 0 amide bonds. The van der Waals surface area contributed by atoms with Crippen LogP contribution in [0.4, 0.5) is 23.4 Å². The second-order valence-electron chi connectivity index (χ2n) is 27.2. The second-order valence-corrected chi connectivity index (χ2v) is 29.2. The standard InChI is InChI=1S/C85H91F3N6O14S2/c1-4-18-57-21-23-65-52-58(22-24-64(65)51-57)54-89-94-84-92-77-73(108-82(99)61-27-25-59(26-28-61)60-29-35-68(36-30-60)102-49-50-105-79(96)56(3)85(86,87)88)43-44-74(78(77)110-84)103-47-16-9-7-6-8-14-46-101-70-41-42-72(66(53-70)55-90-93-83-91-71-19-12-13-20-75(71)109-83)107-81(98)63-33-39-69(40-34-63)106-80(97)62-31-37-67(38-32-62)100-45-15-10-11-17-48-104-76(95)5-2/h5,12-13,19-24,31-34,37-44,51-55,59-61,68H,2-4,6-11,14-18,25-30,35-36,45-50H2,1H3,(H,91,93)(H,92,94)/b89-54+,90-55+. The largest absolute Gasteiger partial charge is 0.494 e. The fourth-order valence-corrected chi connectivity index (χ4v) is 15.0. The first-order chi connectivity index (χ1) is 53.5. The van der Waals surface area contributed by atoms with E-state index < -0.39 is 35.6 Å². The summed E-state index contributed by atoms with van der Waals surface area (Å²) in [5.41, 5.74) is 9.18. The number of unbranched alkanes of at least 4 members (excludes halogenated alkanes) is 8. The number of rotatable bonds is 40. The highest BCUT2D eigenvalue weighted by atomic mass is 32.1. The Morgan fingerprint density at radius 2 is 1.15 bits per heavy atom. The minimum absolute atomic E-state index is 0.00917. The van der Waals surface area contributed by atoms with Gasteiger partial charge in [-0.2, -0.15) is 23.4 Å². The van der Waals surface area contributed by atoms with Gasteiger partial charge in [0.25, 0.3) is 0 Å². The summed E-state index contributed by atoms with van der Waals surface area (Å²) in [5.74, 6) is -0.131. The number of nitrogens with zero attached hydrogens (tertiary/aromatic N) is 4. The molecule has 0 bridgehead atoms. The van der Waals surface area contributed by atoms with Crippen LogP contribution in [0.15, 0.2) is 175 Å². The number of hydrazone groups is 2. The molecule has 2 N–H and O–H groups in total. The molecule has 0 saturated heterocycles. The molecule has 2 aliphatic carbocycles. The molecule has 0 atom stereocenters. The molecule has 11 rings (SSSR count). The number of hydrogen-bond acceptors (Lipinski definition) is 22. The number of ether oxygens (including phenoxy) is 9. The molecule has 2 aliphatic rings. The van der Waals surface area contributed by atoms with E-state index in [1.165, 1.54) is 57.9 Å². The summed E-state index contributed by atoms with van der Waals surface area (Å²) < 4.78 is 91.9. The molecule has 25 heteroatoms. The molecular formula is C85H91F3N6O14S2. The third-order valence-corrected chi connectivity index (χ3v) is 21.2. The number of fused-ring (bicyclic) bond motifs is 3. The summed E-state index contributed by atoms with van der Waals surface area (Å²) >= 11 is 2.83. The van der Waals surface area contributed by atoms with E-state index in [2.05, 4.69) is 76.5 Å². The highest BCUT2D eigenvalue weighted by Gasteiger charge is 2.38. The number of aromatic nitrogens is 2. The van der Waals surface area contributed by atoms with E-state index in [1.807, 2.05) is 36.4 Å². The van der Waals surface area contributed by atoms with E-state index in [-0.39, 0.29) is 48.3 Å². The Morgan fingerprint density at radius 1 is 0.555 bits per heavy atom. The topological polar surface area (TPSA) is 243 Å². The van der Waals surface area contributed by atoms with Gasteiger partial charge in [0.1, 0.15) is 51.1 Å². The Balaban J connectivity index is 0.635. The number of carbonyl (C=O) groups is 5. The highest BCUT2D eigenvalue weighted by Crippen LogP contribution is 2.43. The predicted molar refractivity (Wildman–Crippen MR) is 422 cm³/mol. The fraction of sp³-hybridized carbons (Fsp3) is 0.376. The SMILES string of the molecule is C=CC(=O)OCCCCCCOc1ccc(C(=O)Oc2ccc(C(=O)Oc3ccc(OCCCCCCCCOc4ccc(OC(=O)C5CCC(C6CCC(OCCOC(=O)C(=C)C(F)(F)F)CC6)CC5)c5nc(N/N=C/c6ccc7cc(CCC)ccc7c6)sc45)cc3/C=N/Nc3nc4ccccc4s3)cc2)cc1. The van der Waals surface area contributed by atoms with Gasteiger partial charge < -0.3 is 42.6 Å². The van der Waals surface area contributed by atoms with Crippen molar-refractivity contribution in [3.63, 3.8) is 0 Å². The summed E-state index contributed by atoms with van der Waals surface area (Å²) in [6, 6.07) is 42.1. The minimum Gasteiger partial charge on any atom is -0.494 e. The van der Waals surface area contributed by atoms with Crippen LogP contribution in [0.5, 0.6) is 34.5 Å². The van der Waals surface area contributed by atoms with E-state index in [9.17, 15) is 37.1 Å². The van der Waals surface area contributed by atoms with Crippen molar-refractivity contribution in [3.05, 3.63) is 192 Å². The van der Waals surface area contributed by atoms with Gasteiger partial charge in [-0.15, -0.1) is 0 Å². The third kappa shape index (κ3) is 24.0. The summed E-state index contributed by atoms with van der Waals surface area (Å²) in [6.07, 6.45) is 17.2. The molecule has 110 heavy (non-hydrogen) atoms. The number of anilines is 2. The molecular weight excluding hydrogens is 1450 g/mol. The molecule has 9 aromatic rings. The number of nitrogens with one attached hydrogen (secondary N) is 2. The maximum Gasteiger partial charge on any atom is 0.422 e. The van der Waals surface area contributed by atoms with Crippen LogP contribution in [0, 0.1) is 17.8 Å². The fourth-order valence-electron chi connectivity index (χ4n) is 13.3. The Morgan fingerprint density at radius 3 is 1.84 bits per heavy atom. The lowest BCUT2D eigenvalue weighted by atomic mass is 9.70. The summed E-state index contributed by atoms with van der Waals surface area (Å²) in [4.78, 5) is 73.1. The Kier molecular flexibility index (Phi) is 29.9. The zero-order chi connectivity index (χ0) is 77.0. The molecule has 2 fully saturated rings. The number of para-hydroxylation sites is 1. The van der Waals surface area contributed by atoms with E-state index in [0.29, 0.717) is 101 Å². The quantitative estimate of drug-likeness (QED) is 0.00905. The molecule has 2 saturated carbocycles. The molecule has 0 spiro atoms. The molecule has 7 aromatic carbocycles. The summed E-state index contributed by atoms with van der Waals surface area (Å²) in [5, 5.41) is 12.4. The first kappa shape index (κ1) is 80.5. The van der Waals surface area contributed by atoms with Crippen molar-refractivity contribution in [2.45, 2.75) is 148 Å². The maximum absolute atomic E-state index is 14.0. The number of hydrogen-bond donors (Lipinski definition) is 2. The van der Waals surface area contributed by atoms with Crippen LogP contribution in [0.1, 0.15) is 166 Å². The molecule has 2 heterocycles. The van der Waals surface area contributed by atoms with Crippen molar-refractivity contribution in [1.29, 1.82) is 0 Å². The minimum atomic E-state index is -4.84. The van der Waals surface area contributed by atoms with Crippen molar-refractivity contribution >= 4 is 106 Å². The number of aryl methyl sites for hydroxylation is 1. The van der Waals surface area contributed by atoms with Gasteiger partial charge in [-0.1, -0.05) is 117 Å². The van der Waals surface area contributed by atoms with Gasteiger partial charge in [0.15, 0.2) is 5.75 Å². The molecule has 20 nitrogen and oxygen atoms in total. The predicted octanol–water partition coefficient (Wildman–Crippen LogP) is 19.8. The average molecular weight is 1540 g/mol. The molecule has 0 aliphatic heterocycles. The normalized spacial score (nSPS) is 15.9. The van der Waals surface area contributed by atoms with Gasteiger partial charge in [0.05, 0.1) is 78.8 Å². The summed E-state index contributed by atoms with van der Waals surface area (Å²) in [6.45, 7) is 9.85. The number of esters is 5. The van der Waals surface area contributed by atoms with E-state index in [4.69, 9.17) is 47.6 Å². The zero-order valence-corrected chi connectivity index (χ0v) is 63.2. The zero-order valence-electron chi connectivity index (χ0n) is 61.6. The monoisotopic (exact) mass is 1540 g/mol. The number of thiazole rings is 2. The van der Waals surface area contributed by atoms with E-state index >= 15 is 0 Å². The highest BCUT2D eigenvalue weighted by molar-refractivity contribution is 7.22. The van der Waals surface area contributed by atoms with Gasteiger partial charge in [-0.3, -0.25) is 15.6 Å². The van der Waals surface area contributed by atoms with Gasteiger partial charge in [0.2, 0.25) is 10.3 Å². The molecule has 0 radical (unpaired) electrons. The Hall–Kier alpha value is -10.5. The molecule has 0 unspecified atom stereocenters. The molecule has 2 aromatic heterocycles. The third-order valence-electron chi connectivity index (χ3n) is 19.3. The number of benzene rings is 7. The molecule has 578 valence electrons. The van der Waals surface area contributed by atoms with Crippen LogP contribution in [-0.2, 0) is 35.0 Å². The maximum atomic E-state index is 14.0. The number of alkyl halides is 3.